The number of nitrogens with zero attached hydrogens (tertiary/aromatic N) is 2. The van der Waals surface area contributed by atoms with Gasteiger partial charge >= 0.3 is 0 Å². The van der Waals surface area contributed by atoms with Crippen LogP contribution in [0, 0.1) is 11.3 Å². The molecule has 0 aliphatic heterocycles. The van der Waals surface area contributed by atoms with E-state index in [1.54, 1.807) is 36.6 Å². The summed E-state index contributed by atoms with van der Waals surface area (Å²) in [6.45, 7) is 1.45. The number of nitrogens with one attached hydrogen (secondary N) is 1. The van der Waals surface area contributed by atoms with Crippen molar-refractivity contribution in [3.05, 3.63) is 54.3 Å². The maximum Gasteiger partial charge on any atom is 0.232 e. The molecule has 124 valence electrons. The number of carbonyl (C=O) groups excluding carboxylic acids is 1. The number of amides is 1. The SMILES string of the molecule is COc1nc(-c2ccc(NC(C)=O)cc2)cc(-c2ccco2)c1C#N. The Morgan fingerprint density at radius 3 is 2.60 bits per heavy atom. The smallest absolute Gasteiger partial charge is 0.232 e. The van der Waals surface area contributed by atoms with Crippen LogP contribution in [0.15, 0.2) is 53.1 Å². The topological polar surface area (TPSA) is 88.2 Å². The Morgan fingerprint density at radius 2 is 2.04 bits per heavy atom. The van der Waals surface area contributed by atoms with Gasteiger partial charge in [0.05, 0.1) is 19.1 Å². The average Bonchev–Trinajstić information content (AvgIpc) is 3.15. The summed E-state index contributed by atoms with van der Waals surface area (Å²) in [4.78, 5) is 15.5. The predicted octanol–water partition coefficient (Wildman–Crippen LogP) is 3.85. The molecule has 0 saturated carbocycles. The summed E-state index contributed by atoms with van der Waals surface area (Å²) in [5.74, 6) is 0.664. The third-order valence-corrected chi connectivity index (χ3v) is 3.58. The quantitative estimate of drug-likeness (QED) is 0.783. The molecule has 6 nitrogen and oxygen atoms in total. The molecule has 0 spiro atoms. The van der Waals surface area contributed by atoms with E-state index in [2.05, 4.69) is 16.4 Å². The number of pyridine rings is 1. The van der Waals surface area contributed by atoms with E-state index in [4.69, 9.17) is 9.15 Å². The van der Waals surface area contributed by atoms with Gasteiger partial charge in [0, 0.05) is 23.7 Å². The molecule has 0 unspecified atom stereocenters. The lowest BCUT2D eigenvalue weighted by atomic mass is 10.0. The van der Waals surface area contributed by atoms with E-state index in [0.717, 1.165) is 5.56 Å². The fourth-order valence-corrected chi connectivity index (χ4v) is 2.48. The Balaban J connectivity index is 2.09. The van der Waals surface area contributed by atoms with Crippen molar-refractivity contribution in [2.75, 3.05) is 12.4 Å². The molecule has 0 fully saturated rings. The van der Waals surface area contributed by atoms with E-state index in [1.807, 2.05) is 12.1 Å². The van der Waals surface area contributed by atoms with E-state index in [9.17, 15) is 10.1 Å². The summed E-state index contributed by atoms with van der Waals surface area (Å²) < 4.78 is 10.7. The lowest BCUT2D eigenvalue weighted by Crippen LogP contribution is -2.05. The number of methoxy groups -OCH3 is 1. The number of benzene rings is 1. The Bertz CT molecular complexity index is 939. The molecule has 1 N–H and O–H groups in total. The first-order chi connectivity index (χ1) is 12.1. The Morgan fingerprint density at radius 1 is 1.28 bits per heavy atom. The van der Waals surface area contributed by atoms with Gasteiger partial charge in [-0.1, -0.05) is 12.1 Å². The van der Waals surface area contributed by atoms with Crippen LogP contribution in [0.5, 0.6) is 5.88 Å². The third kappa shape index (κ3) is 3.35. The predicted molar refractivity (Wildman–Crippen MR) is 92.9 cm³/mol. The summed E-state index contributed by atoms with van der Waals surface area (Å²) in [6.07, 6.45) is 1.55. The maximum atomic E-state index is 11.1. The number of hydrogen-bond donors (Lipinski definition) is 1. The molecule has 0 saturated heterocycles. The van der Waals surface area contributed by atoms with Crippen molar-refractivity contribution in [3.63, 3.8) is 0 Å². The highest BCUT2D eigenvalue weighted by atomic mass is 16.5. The van der Waals surface area contributed by atoms with E-state index in [-0.39, 0.29) is 11.8 Å². The molecule has 1 aromatic carbocycles. The molecule has 3 rings (SSSR count). The molecule has 6 heteroatoms. The average molecular weight is 333 g/mol. The van der Waals surface area contributed by atoms with Crippen molar-refractivity contribution < 1.29 is 13.9 Å². The molecule has 0 radical (unpaired) electrons. The summed E-state index contributed by atoms with van der Waals surface area (Å²) in [7, 11) is 1.47. The third-order valence-electron chi connectivity index (χ3n) is 3.58. The number of ether oxygens (including phenoxy) is 1. The van der Waals surface area contributed by atoms with Gasteiger partial charge in [-0.3, -0.25) is 4.79 Å². The Labute approximate surface area is 144 Å². The van der Waals surface area contributed by atoms with Crippen molar-refractivity contribution >= 4 is 11.6 Å². The van der Waals surface area contributed by atoms with Crippen LogP contribution in [0.3, 0.4) is 0 Å². The maximum absolute atomic E-state index is 11.1. The molecule has 2 heterocycles. The molecule has 25 heavy (non-hydrogen) atoms. The fourth-order valence-electron chi connectivity index (χ4n) is 2.48. The number of aromatic nitrogens is 1. The number of carbonyl (C=O) groups is 1. The van der Waals surface area contributed by atoms with Crippen molar-refractivity contribution in [2.45, 2.75) is 6.92 Å². The van der Waals surface area contributed by atoms with Gasteiger partial charge in [-0.15, -0.1) is 0 Å². The standard InChI is InChI=1S/C19H15N3O3/c1-12(23)21-14-7-5-13(6-8-14)17-10-15(18-4-3-9-25-18)16(11-20)19(22-17)24-2/h3-10H,1-2H3,(H,21,23). The van der Waals surface area contributed by atoms with Crippen LogP contribution in [-0.4, -0.2) is 18.0 Å². The van der Waals surface area contributed by atoms with Crippen molar-refractivity contribution in [2.24, 2.45) is 0 Å². The van der Waals surface area contributed by atoms with Gasteiger partial charge in [0.1, 0.15) is 17.4 Å². The molecule has 0 aliphatic rings. The minimum Gasteiger partial charge on any atom is -0.480 e. The van der Waals surface area contributed by atoms with Gasteiger partial charge in [-0.25, -0.2) is 4.98 Å². The highest BCUT2D eigenvalue weighted by Gasteiger charge is 2.17. The van der Waals surface area contributed by atoms with E-state index >= 15 is 0 Å². The molecular weight excluding hydrogens is 318 g/mol. The molecule has 2 aromatic heterocycles. The molecule has 1 amide bonds. The van der Waals surface area contributed by atoms with Gasteiger partial charge in [-0.05, 0) is 30.3 Å². The first-order valence-corrected chi connectivity index (χ1v) is 7.53. The van der Waals surface area contributed by atoms with E-state index in [0.29, 0.717) is 28.3 Å². The number of rotatable bonds is 4. The minimum atomic E-state index is -0.133. The van der Waals surface area contributed by atoms with Gasteiger partial charge in [-0.2, -0.15) is 5.26 Å². The number of hydrogen-bond acceptors (Lipinski definition) is 5. The zero-order chi connectivity index (χ0) is 17.8. The van der Waals surface area contributed by atoms with Crippen LogP contribution in [0.25, 0.3) is 22.6 Å². The highest BCUT2D eigenvalue weighted by Crippen LogP contribution is 2.33. The van der Waals surface area contributed by atoms with Crippen LogP contribution in [-0.2, 0) is 4.79 Å². The summed E-state index contributed by atoms with van der Waals surface area (Å²) >= 11 is 0. The van der Waals surface area contributed by atoms with Crippen LogP contribution in [0.1, 0.15) is 12.5 Å². The normalized spacial score (nSPS) is 10.1. The summed E-state index contributed by atoms with van der Waals surface area (Å²) in [6, 6.07) is 14.7. The summed E-state index contributed by atoms with van der Waals surface area (Å²) in [5, 5.41) is 12.2. The van der Waals surface area contributed by atoms with Crippen molar-refractivity contribution in [1.82, 2.24) is 4.98 Å². The number of nitriles is 1. The van der Waals surface area contributed by atoms with Crippen LogP contribution in [0.2, 0.25) is 0 Å². The van der Waals surface area contributed by atoms with Crippen LogP contribution in [0.4, 0.5) is 5.69 Å². The van der Waals surface area contributed by atoms with Crippen LogP contribution < -0.4 is 10.1 Å². The Hall–Kier alpha value is -3.59. The largest absolute Gasteiger partial charge is 0.480 e. The van der Waals surface area contributed by atoms with E-state index in [1.165, 1.54) is 14.0 Å². The first kappa shape index (κ1) is 16.3. The molecule has 0 bridgehead atoms. The summed E-state index contributed by atoms with van der Waals surface area (Å²) in [5.41, 5.74) is 3.08. The lowest BCUT2D eigenvalue weighted by Gasteiger charge is -2.10. The highest BCUT2D eigenvalue weighted by molar-refractivity contribution is 5.89. The molecular formula is C19H15N3O3. The van der Waals surface area contributed by atoms with Gasteiger partial charge in [0.2, 0.25) is 11.8 Å². The monoisotopic (exact) mass is 333 g/mol. The van der Waals surface area contributed by atoms with E-state index < -0.39 is 0 Å². The fraction of sp³-hybridized carbons (Fsp3) is 0.105. The molecule has 0 atom stereocenters. The van der Waals surface area contributed by atoms with Gasteiger partial charge < -0.3 is 14.5 Å². The number of anilines is 1. The Kier molecular flexibility index (Phi) is 4.48. The van der Waals surface area contributed by atoms with Gasteiger partial charge in [0.25, 0.3) is 0 Å². The van der Waals surface area contributed by atoms with Crippen LogP contribution >= 0.6 is 0 Å². The second kappa shape index (κ2) is 6.89. The molecule has 3 aromatic rings. The first-order valence-electron chi connectivity index (χ1n) is 7.53. The second-order valence-electron chi connectivity index (χ2n) is 5.29. The van der Waals surface area contributed by atoms with Crippen molar-refractivity contribution in [3.8, 4) is 34.5 Å². The second-order valence-corrected chi connectivity index (χ2v) is 5.29. The number of furan rings is 1. The van der Waals surface area contributed by atoms with Gasteiger partial charge in [0.15, 0.2) is 0 Å². The minimum absolute atomic E-state index is 0.133. The lowest BCUT2D eigenvalue weighted by molar-refractivity contribution is -0.114. The van der Waals surface area contributed by atoms with Crippen molar-refractivity contribution in [1.29, 1.82) is 5.26 Å². The zero-order valence-electron chi connectivity index (χ0n) is 13.7. The zero-order valence-corrected chi connectivity index (χ0v) is 13.7. The molecule has 0 aliphatic carbocycles.